The maximum atomic E-state index is 13.2. The first-order chi connectivity index (χ1) is 19.4. The first-order valence-electron chi connectivity index (χ1n) is 14.1. The molecule has 0 saturated carbocycles. The second kappa shape index (κ2) is 11.9. The topological polar surface area (TPSA) is 106 Å². The minimum absolute atomic E-state index is 0.110. The number of amides is 3. The molecule has 3 heterocycles. The molecule has 40 heavy (non-hydrogen) atoms. The zero-order valence-corrected chi connectivity index (χ0v) is 23.4. The normalized spacial score (nSPS) is 16.6. The van der Waals surface area contributed by atoms with E-state index >= 15 is 0 Å². The third-order valence-electron chi connectivity index (χ3n) is 7.88. The predicted molar refractivity (Wildman–Crippen MR) is 158 cm³/mol. The Kier molecular flexibility index (Phi) is 8.16. The molecule has 208 valence electrons. The number of carbonyl (C=O) groups is 3. The summed E-state index contributed by atoms with van der Waals surface area (Å²) in [7, 11) is 0. The average Bonchev–Trinajstić information content (AvgIpc) is 3.65. The summed E-state index contributed by atoms with van der Waals surface area (Å²) in [5.74, 6) is -0.558. The second-order valence-corrected chi connectivity index (χ2v) is 10.6. The fourth-order valence-electron chi connectivity index (χ4n) is 5.65. The van der Waals surface area contributed by atoms with Crippen LogP contribution in [0.15, 0.2) is 48.5 Å². The van der Waals surface area contributed by atoms with Gasteiger partial charge in [0.2, 0.25) is 0 Å². The maximum Gasteiger partial charge on any atom is 0.256 e. The van der Waals surface area contributed by atoms with Crippen LogP contribution < -0.4 is 16.0 Å². The molecule has 1 aromatic heterocycles. The molecule has 3 amide bonds. The average molecular weight is 540 g/mol. The van der Waals surface area contributed by atoms with Crippen LogP contribution in [0, 0.1) is 13.8 Å². The summed E-state index contributed by atoms with van der Waals surface area (Å²) in [6.07, 6.45) is 4.96. The number of aryl methyl sites for hydroxylation is 1. The number of fused-ring (bicyclic) bond motifs is 1. The van der Waals surface area contributed by atoms with E-state index in [0.29, 0.717) is 40.2 Å². The van der Waals surface area contributed by atoms with Gasteiger partial charge in [-0.3, -0.25) is 14.4 Å². The van der Waals surface area contributed by atoms with Gasteiger partial charge in [0.25, 0.3) is 17.7 Å². The monoisotopic (exact) mass is 539 g/mol. The zero-order chi connectivity index (χ0) is 28.2. The number of aromatic amines is 1. The van der Waals surface area contributed by atoms with E-state index in [1.807, 2.05) is 51.1 Å². The molecule has 2 aliphatic heterocycles. The molecule has 0 radical (unpaired) electrons. The highest BCUT2D eigenvalue weighted by Gasteiger charge is 2.27. The molecule has 2 aromatic carbocycles. The van der Waals surface area contributed by atoms with E-state index < -0.39 is 0 Å². The van der Waals surface area contributed by atoms with Crippen LogP contribution in [0.4, 0.5) is 5.69 Å². The molecule has 5 rings (SSSR count). The van der Waals surface area contributed by atoms with Gasteiger partial charge in [-0.25, -0.2) is 0 Å². The molecule has 0 bridgehead atoms. The summed E-state index contributed by atoms with van der Waals surface area (Å²) < 4.78 is 0. The van der Waals surface area contributed by atoms with Gasteiger partial charge in [-0.05, 0) is 81.6 Å². The number of benzene rings is 2. The van der Waals surface area contributed by atoms with Crippen molar-refractivity contribution in [3.63, 3.8) is 0 Å². The van der Waals surface area contributed by atoms with Gasteiger partial charge in [-0.2, -0.15) is 0 Å². The first kappa shape index (κ1) is 27.4. The first-order valence-corrected chi connectivity index (χ1v) is 14.1. The maximum absolute atomic E-state index is 13.2. The van der Waals surface area contributed by atoms with Gasteiger partial charge in [0.15, 0.2) is 0 Å². The second-order valence-electron chi connectivity index (χ2n) is 10.6. The van der Waals surface area contributed by atoms with Gasteiger partial charge < -0.3 is 25.8 Å². The van der Waals surface area contributed by atoms with E-state index in [1.165, 1.54) is 12.8 Å². The largest absolute Gasteiger partial charge is 0.358 e. The Morgan fingerprint density at radius 3 is 2.52 bits per heavy atom. The SMILES string of the molecule is CC[C@@H](NC(=O)c1ccc2c(c1)/C(=C\c1[nH]c(C)c(C(=O)NCCN3CCCC3)c1C)C(=O)N2)c1ccccc1. The van der Waals surface area contributed by atoms with Gasteiger partial charge in [0.05, 0.1) is 17.2 Å². The smallest absolute Gasteiger partial charge is 0.256 e. The molecule has 0 unspecified atom stereocenters. The number of rotatable bonds is 9. The number of likely N-dealkylation sites (tertiary alicyclic amines) is 1. The van der Waals surface area contributed by atoms with E-state index in [2.05, 4.69) is 25.8 Å². The minimum atomic E-state index is -0.244. The Morgan fingerprint density at radius 1 is 1.05 bits per heavy atom. The zero-order valence-electron chi connectivity index (χ0n) is 23.4. The van der Waals surface area contributed by atoms with Gasteiger partial charge in [0.1, 0.15) is 0 Å². The van der Waals surface area contributed by atoms with Crippen molar-refractivity contribution in [3.05, 3.63) is 87.7 Å². The number of hydrogen-bond acceptors (Lipinski definition) is 4. The molecule has 1 fully saturated rings. The summed E-state index contributed by atoms with van der Waals surface area (Å²) in [4.78, 5) is 44.8. The van der Waals surface area contributed by atoms with Crippen LogP contribution >= 0.6 is 0 Å². The number of aromatic nitrogens is 1. The van der Waals surface area contributed by atoms with Crippen molar-refractivity contribution in [1.29, 1.82) is 0 Å². The van der Waals surface area contributed by atoms with Crippen LogP contribution in [-0.2, 0) is 4.79 Å². The van der Waals surface area contributed by atoms with Crippen molar-refractivity contribution in [3.8, 4) is 0 Å². The number of hydrogen-bond donors (Lipinski definition) is 4. The Hall–Kier alpha value is -4.17. The lowest BCUT2D eigenvalue weighted by Crippen LogP contribution is -2.33. The van der Waals surface area contributed by atoms with Crippen molar-refractivity contribution in [2.24, 2.45) is 0 Å². The number of anilines is 1. The van der Waals surface area contributed by atoms with Gasteiger partial charge in [-0.1, -0.05) is 37.3 Å². The van der Waals surface area contributed by atoms with E-state index in [1.54, 1.807) is 24.3 Å². The molecule has 0 aliphatic carbocycles. The van der Waals surface area contributed by atoms with Crippen molar-refractivity contribution >= 4 is 35.1 Å². The van der Waals surface area contributed by atoms with Crippen LogP contribution in [0.25, 0.3) is 11.6 Å². The molecule has 4 N–H and O–H groups in total. The number of H-pyrrole nitrogens is 1. The Balaban J connectivity index is 1.35. The molecular formula is C32H37N5O3. The summed E-state index contributed by atoms with van der Waals surface area (Å²) in [6.45, 7) is 9.42. The lowest BCUT2D eigenvalue weighted by Gasteiger charge is -2.17. The lowest BCUT2D eigenvalue weighted by molar-refractivity contribution is -0.110. The van der Waals surface area contributed by atoms with Crippen molar-refractivity contribution < 1.29 is 14.4 Å². The minimum Gasteiger partial charge on any atom is -0.358 e. The highest BCUT2D eigenvalue weighted by molar-refractivity contribution is 6.35. The van der Waals surface area contributed by atoms with E-state index in [4.69, 9.17) is 0 Å². The standard InChI is InChI=1S/C32H37N5O3/c1-4-26(22-10-6-5-7-11-22)35-30(38)23-12-13-27-24(18-23)25(31(39)36-27)19-28-20(2)29(21(3)34-28)32(40)33-14-17-37-15-8-9-16-37/h5-7,10-13,18-19,26,34H,4,8-9,14-17H2,1-3H3,(H,33,40)(H,35,38)(H,36,39)/b25-19+/t26-/m1/s1. The summed E-state index contributed by atoms with van der Waals surface area (Å²) in [5, 5.41) is 9.05. The van der Waals surface area contributed by atoms with Crippen molar-refractivity contribution in [2.75, 3.05) is 31.5 Å². The van der Waals surface area contributed by atoms with E-state index in [9.17, 15) is 14.4 Å². The highest BCUT2D eigenvalue weighted by Crippen LogP contribution is 2.35. The van der Waals surface area contributed by atoms with Gasteiger partial charge >= 0.3 is 0 Å². The number of nitrogens with one attached hydrogen (secondary N) is 4. The van der Waals surface area contributed by atoms with E-state index in [-0.39, 0.29) is 23.8 Å². The number of nitrogens with zero attached hydrogens (tertiary/aromatic N) is 1. The van der Waals surface area contributed by atoms with Crippen molar-refractivity contribution in [2.45, 2.75) is 46.1 Å². The summed E-state index contributed by atoms with van der Waals surface area (Å²) >= 11 is 0. The van der Waals surface area contributed by atoms with Crippen LogP contribution in [-0.4, -0.2) is 53.8 Å². The Labute approximate surface area is 235 Å². The molecule has 3 aromatic rings. The molecule has 1 saturated heterocycles. The fourth-order valence-corrected chi connectivity index (χ4v) is 5.65. The highest BCUT2D eigenvalue weighted by atomic mass is 16.2. The molecule has 0 spiro atoms. The van der Waals surface area contributed by atoms with Gasteiger partial charge in [0, 0.05) is 41.3 Å². The van der Waals surface area contributed by atoms with Crippen LogP contribution in [0.1, 0.15) is 81.0 Å². The third-order valence-corrected chi connectivity index (χ3v) is 7.88. The van der Waals surface area contributed by atoms with Crippen LogP contribution in [0.3, 0.4) is 0 Å². The third kappa shape index (κ3) is 5.72. The quantitative estimate of drug-likeness (QED) is 0.292. The molecule has 2 aliphatic rings. The van der Waals surface area contributed by atoms with Crippen LogP contribution in [0.2, 0.25) is 0 Å². The molecular weight excluding hydrogens is 502 g/mol. The predicted octanol–water partition coefficient (Wildman–Crippen LogP) is 4.83. The van der Waals surface area contributed by atoms with Gasteiger partial charge in [-0.15, -0.1) is 0 Å². The molecule has 8 nitrogen and oxygen atoms in total. The summed E-state index contributed by atoms with van der Waals surface area (Å²) in [5.41, 5.74) is 6.13. The Morgan fingerprint density at radius 2 is 1.80 bits per heavy atom. The molecule has 8 heteroatoms. The molecule has 1 atom stereocenters. The lowest BCUT2D eigenvalue weighted by atomic mass is 10.0. The Bertz CT molecular complexity index is 1450. The summed E-state index contributed by atoms with van der Waals surface area (Å²) in [6, 6.07) is 15.0. The number of carbonyl (C=O) groups excluding carboxylic acids is 3. The fraction of sp³-hybridized carbons (Fsp3) is 0.344. The van der Waals surface area contributed by atoms with E-state index in [0.717, 1.165) is 42.9 Å². The van der Waals surface area contributed by atoms with Crippen LogP contribution in [0.5, 0.6) is 0 Å². The van der Waals surface area contributed by atoms with Crippen molar-refractivity contribution in [1.82, 2.24) is 20.5 Å².